The van der Waals surface area contributed by atoms with Crippen LogP contribution in [0.5, 0.6) is 11.5 Å². The molecule has 2 rings (SSSR count). The highest BCUT2D eigenvalue weighted by Crippen LogP contribution is 2.40. The van der Waals surface area contributed by atoms with Crippen LogP contribution in [0.4, 0.5) is 0 Å². The van der Waals surface area contributed by atoms with E-state index in [1.165, 1.54) is 0 Å². The van der Waals surface area contributed by atoms with Gasteiger partial charge in [-0.15, -0.1) is 0 Å². The standard InChI is InChI=1S/C10H12INO2/c1-13-8-3-2-6(11)9-7(12)4-5-14-10(8)9/h2-3,7H,4-5,12H2,1H3/t7-/m1/s1. The van der Waals surface area contributed by atoms with Gasteiger partial charge in [-0.25, -0.2) is 0 Å². The summed E-state index contributed by atoms with van der Waals surface area (Å²) in [6.07, 6.45) is 0.871. The topological polar surface area (TPSA) is 44.5 Å². The molecule has 0 spiro atoms. The van der Waals surface area contributed by atoms with Crippen molar-refractivity contribution in [2.24, 2.45) is 5.73 Å². The van der Waals surface area contributed by atoms with Crippen LogP contribution in [0.1, 0.15) is 18.0 Å². The monoisotopic (exact) mass is 305 g/mol. The fourth-order valence-electron chi connectivity index (χ4n) is 1.64. The number of ether oxygens (including phenoxy) is 2. The molecule has 1 aromatic rings. The van der Waals surface area contributed by atoms with Crippen LogP contribution in [0.25, 0.3) is 0 Å². The van der Waals surface area contributed by atoms with E-state index in [9.17, 15) is 0 Å². The molecule has 1 aliphatic heterocycles. The lowest BCUT2D eigenvalue weighted by molar-refractivity contribution is 0.252. The average Bonchev–Trinajstić information content (AvgIpc) is 2.18. The molecule has 0 bridgehead atoms. The van der Waals surface area contributed by atoms with Crippen molar-refractivity contribution in [1.82, 2.24) is 0 Å². The lowest BCUT2D eigenvalue weighted by Crippen LogP contribution is -2.22. The SMILES string of the molecule is COc1ccc(I)c2c1OCC[C@H]2N. The second-order valence-corrected chi connectivity index (χ2v) is 4.40. The summed E-state index contributed by atoms with van der Waals surface area (Å²) in [4.78, 5) is 0. The minimum absolute atomic E-state index is 0.0701. The second kappa shape index (κ2) is 3.94. The lowest BCUT2D eigenvalue weighted by atomic mass is 10.0. The lowest BCUT2D eigenvalue weighted by Gasteiger charge is -2.25. The van der Waals surface area contributed by atoms with Crippen LogP contribution in [0, 0.1) is 3.57 Å². The van der Waals surface area contributed by atoms with E-state index >= 15 is 0 Å². The number of benzene rings is 1. The molecule has 76 valence electrons. The van der Waals surface area contributed by atoms with Crippen molar-refractivity contribution in [3.8, 4) is 11.5 Å². The number of methoxy groups -OCH3 is 1. The summed E-state index contributed by atoms with van der Waals surface area (Å²) in [6.45, 7) is 0.671. The van der Waals surface area contributed by atoms with Crippen LogP contribution in [-0.2, 0) is 0 Å². The molecule has 0 fully saturated rings. The first kappa shape index (κ1) is 10.0. The quantitative estimate of drug-likeness (QED) is 0.808. The zero-order chi connectivity index (χ0) is 10.1. The summed E-state index contributed by atoms with van der Waals surface area (Å²) in [6, 6.07) is 3.99. The zero-order valence-corrected chi connectivity index (χ0v) is 10.1. The van der Waals surface area contributed by atoms with Crippen LogP contribution in [0.2, 0.25) is 0 Å². The molecule has 2 N–H and O–H groups in total. The van der Waals surface area contributed by atoms with E-state index in [2.05, 4.69) is 22.6 Å². The molecule has 0 saturated carbocycles. The number of hydrogen-bond acceptors (Lipinski definition) is 3. The third-order valence-electron chi connectivity index (χ3n) is 2.37. The Morgan fingerprint density at radius 2 is 2.36 bits per heavy atom. The van der Waals surface area contributed by atoms with Gasteiger partial charge in [0.25, 0.3) is 0 Å². The first-order valence-electron chi connectivity index (χ1n) is 4.49. The molecular weight excluding hydrogens is 293 g/mol. The smallest absolute Gasteiger partial charge is 0.166 e. The molecule has 1 aliphatic rings. The van der Waals surface area contributed by atoms with Crippen LogP contribution in [0.15, 0.2) is 12.1 Å². The summed E-state index contributed by atoms with van der Waals surface area (Å²) in [5, 5.41) is 0. The molecule has 3 nitrogen and oxygen atoms in total. The number of fused-ring (bicyclic) bond motifs is 1. The Morgan fingerprint density at radius 3 is 3.07 bits per heavy atom. The summed E-state index contributed by atoms with van der Waals surface area (Å²) >= 11 is 2.28. The normalized spacial score (nSPS) is 19.8. The van der Waals surface area contributed by atoms with Gasteiger partial charge in [-0.05, 0) is 34.7 Å². The molecular formula is C10H12INO2. The average molecular weight is 305 g/mol. The molecule has 0 radical (unpaired) electrons. The fourth-order valence-corrected chi connectivity index (χ4v) is 2.47. The van der Waals surface area contributed by atoms with Crippen LogP contribution < -0.4 is 15.2 Å². The Morgan fingerprint density at radius 1 is 1.57 bits per heavy atom. The van der Waals surface area contributed by atoms with E-state index in [0.29, 0.717) is 6.61 Å². The highest BCUT2D eigenvalue weighted by Gasteiger charge is 2.23. The fraction of sp³-hybridized carbons (Fsp3) is 0.400. The van der Waals surface area contributed by atoms with Gasteiger partial charge in [-0.2, -0.15) is 0 Å². The number of nitrogens with two attached hydrogens (primary N) is 1. The third-order valence-corrected chi connectivity index (χ3v) is 3.31. The summed E-state index contributed by atoms with van der Waals surface area (Å²) in [5.41, 5.74) is 7.11. The Hall–Kier alpha value is -0.490. The highest BCUT2D eigenvalue weighted by molar-refractivity contribution is 14.1. The Labute approximate surface area is 96.7 Å². The van der Waals surface area contributed by atoms with Gasteiger partial charge in [0, 0.05) is 21.6 Å². The van der Waals surface area contributed by atoms with Gasteiger partial charge in [0.2, 0.25) is 0 Å². The third kappa shape index (κ3) is 1.56. The minimum atomic E-state index is 0.0701. The van der Waals surface area contributed by atoms with E-state index in [-0.39, 0.29) is 6.04 Å². The summed E-state index contributed by atoms with van der Waals surface area (Å²) in [7, 11) is 1.64. The molecule has 0 saturated heterocycles. The van der Waals surface area contributed by atoms with Gasteiger partial charge < -0.3 is 15.2 Å². The first-order valence-corrected chi connectivity index (χ1v) is 5.56. The van der Waals surface area contributed by atoms with Gasteiger partial charge >= 0.3 is 0 Å². The Balaban J connectivity index is 2.57. The first-order chi connectivity index (χ1) is 6.74. The maximum absolute atomic E-state index is 6.03. The van der Waals surface area contributed by atoms with Gasteiger partial charge in [-0.3, -0.25) is 0 Å². The molecule has 0 unspecified atom stereocenters. The molecule has 0 aliphatic carbocycles. The van der Waals surface area contributed by atoms with Gasteiger partial charge in [-0.1, -0.05) is 0 Å². The van der Waals surface area contributed by atoms with Crippen LogP contribution >= 0.6 is 22.6 Å². The van der Waals surface area contributed by atoms with E-state index in [0.717, 1.165) is 27.1 Å². The predicted octanol–water partition coefficient (Wildman–Crippen LogP) is 2.08. The largest absolute Gasteiger partial charge is 0.493 e. The molecule has 0 aromatic heterocycles. The van der Waals surface area contributed by atoms with Gasteiger partial charge in [0.15, 0.2) is 11.5 Å². The molecule has 1 atom stereocenters. The van der Waals surface area contributed by atoms with E-state index in [4.69, 9.17) is 15.2 Å². The molecule has 14 heavy (non-hydrogen) atoms. The van der Waals surface area contributed by atoms with E-state index < -0.39 is 0 Å². The van der Waals surface area contributed by atoms with Crippen molar-refractivity contribution in [1.29, 1.82) is 0 Å². The molecule has 1 heterocycles. The van der Waals surface area contributed by atoms with Crippen molar-refractivity contribution in [2.75, 3.05) is 13.7 Å². The maximum atomic E-state index is 6.03. The summed E-state index contributed by atoms with van der Waals surface area (Å²) < 4.78 is 12.0. The van der Waals surface area contributed by atoms with Crippen LogP contribution in [0.3, 0.4) is 0 Å². The Bertz CT molecular complexity index is 354. The van der Waals surface area contributed by atoms with E-state index in [1.807, 2.05) is 12.1 Å². The molecule has 4 heteroatoms. The van der Waals surface area contributed by atoms with Crippen molar-refractivity contribution >= 4 is 22.6 Å². The highest BCUT2D eigenvalue weighted by atomic mass is 127. The minimum Gasteiger partial charge on any atom is -0.493 e. The van der Waals surface area contributed by atoms with Gasteiger partial charge in [0.05, 0.1) is 13.7 Å². The molecule has 0 amide bonds. The van der Waals surface area contributed by atoms with Crippen molar-refractivity contribution < 1.29 is 9.47 Å². The van der Waals surface area contributed by atoms with Crippen molar-refractivity contribution in [2.45, 2.75) is 12.5 Å². The Kier molecular flexibility index (Phi) is 2.83. The van der Waals surface area contributed by atoms with Crippen molar-refractivity contribution in [3.05, 3.63) is 21.3 Å². The zero-order valence-electron chi connectivity index (χ0n) is 7.92. The number of rotatable bonds is 1. The van der Waals surface area contributed by atoms with Crippen LogP contribution in [-0.4, -0.2) is 13.7 Å². The van der Waals surface area contributed by atoms with E-state index in [1.54, 1.807) is 7.11 Å². The second-order valence-electron chi connectivity index (χ2n) is 3.24. The molecule has 1 aromatic carbocycles. The maximum Gasteiger partial charge on any atom is 0.166 e. The summed E-state index contributed by atoms with van der Waals surface area (Å²) in [5.74, 6) is 1.59. The predicted molar refractivity (Wildman–Crippen MR) is 62.8 cm³/mol. The number of halogens is 1. The van der Waals surface area contributed by atoms with Crippen molar-refractivity contribution in [3.63, 3.8) is 0 Å². The number of hydrogen-bond donors (Lipinski definition) is 1. The van der Waals surface area contributed by atoms with Gasteiger partial charge in [0.1, 0.15) is 0 Å².